The Labute approximate surface area is 57.6 Å². The van der Waals surface area contributed by atoms with Crippen LogP contribution in [0.4, 0.5) is 0 Å². The lowest BCUT2D eigenvalue weighted by molar-refractivity contribution is 1.03. The monoisotopic (exact) mass is 172 g/mol. The second-order valence-electron chi connectivity index (χ2n) is 1.76. The number of nitrogens with one attached hydrogen (secondary N) is 1. The van der Waals surface area contributed by atoms with Gasteiger partial charge in [-0.1, -0.05) is 15.9 Å². The maximum Gasteiger partial charge on any atom is 0.0650 e. The molecule has 0 amide bonds. The molecule has 0 saturated heterocycles. The van der Waals surface area contributed by atoms with Gasteiger partial charge >= 0.3 is 0 Å². The van der Waals surface area contributed by atoms with E-state index in [0.29, 0.717) is 0 Å². The van der Waals surface area contributed by atoms with Crippen molar-refractivity contribution in [3.8, 4) is 0 Å². The zero-order valence-electron chi connectivity index (χ0n) is 4.39. The Kier molecular flexibility index (Phi) is 1.43. The maximum absolute atomic E-state index is 3.83. The van der Waals surface area contributed by atoms with Crippen LogP contribution in [0.15, 0.2) is 24.6 Å². The van der Waals surface area contributed by atoms with E-state index in [1.807, 2.05) is 24.6 Å². The van der Waals surface area contributed by atoms with Crippen LogP contribution < -0.4 is 5.32 Å². The molecule has 0 aromatic heterocycles. The molecule has 1 heterocycles. The average molecular weight is 173 g/mol. The number of rotatable bonds is 0. The highest BCUT2D eigenvalue weighted by Crippen LogP contribution is 2.20. The number of dihydropyridines is 1. The van der Waals surface area contributed by atoms with E-state index in [9.17, 15) is 0 Å². The fourth-order valence-electron chi connectivity index (χ4n) is 0.484. The lowest BCUT2D eigenvalue weighted by Crippen LogP contribution is -2.14. The quantitative estimate of drug-likeness (QED) is 0.548. The molecule has 0 aromatic carbocycles. The fraction of sp³-hybridized carbons (Fsp3) is 0.167. The summed E-state index contributed by atoms with van der Waals surface area (Å²) >= 11 is 3.37. The molecule has 0 fully saturated rings. The molecule has 0 aromatic rings. The van der Waals surface area contributed by atoms with E-state index in [0.717, 1.165) is 0 Å². The van der Waals surface area contributed by atoms with Crippen molar-refractivity contribution in [3.05, 3.63) is 31.5 Å². The first-order valence-corrected chi connectivity index (χ1v) is 3.16. The minimum absolute atomic E-state index is 0.182. The molecule has 1 radical (unpaired) electrons. The first-order chi connectivity index (χ1) is 3.71. The average Bonchev–Trinajstić information content (AvgIpc) is 1.65. The molecule has 1 aliphatic rings. The van der Waals surface area contributed by atoms with E-state index in [1.165, 1.54) is 0 Å². The zero-order chi connectivity index (χ0) is 6.04. The van der Waals surface area contributed by atoms with Crippen molar-refractivity contribution in [2.45, 2.75) is 4.32 Å². The molecule has 0 atom stereocenters. The van der Waals surface area contributed by atoms with E-state index in [1.54, 1.807) is 0 Å². The van der Waals surface area contributed by atoms with Crippen LogP contribution in [-0.2, 0) is 0 Å². The Morgan fingerprint density at radius 1 is 1.38 bits per heavy atom. The molecular formula is C6H7BrN. The van der Waals surface area contributed by atoms with Gasteiger partial charge in [0, 0.05) is 0 Å². The van der Waals surface area contributed by atoms with Gasteiger partial charge in [-0.15, -0.1) is 0 Å². The van der Waals surface area contributed by atoms with Crippen LogP contribution in [0, 0.1) is 6.92 Å². The summed E-state index contributed by atoms with van der Waals surface area (Å²) in [7, 11) is 0. The van der Waals surface area contributed by atoms with E-state index < -0.39 is 0 Å². The van der Waals surface area contributed by atoms with E-state index in [4.69, 9.17) is 0 Å². The van der Waals surface area contributed by atoms with Crippen molar-refractivity contribution in [2.24, 2.45) is 0 Å². The van der Waals surface area contributed by atoms with Crippen LogP contribution in [0.5, 0.6) is 0 Å². The predicted octanol–water partition coefficient (Wildman–Crippen LogP) is 1.58. The van der Waals surface area contributed by atoms with Crippen LogP contribution in [0.2, 0.25) is 0 Å². The number of hydrogen-bond acceptors (Lipinski definition) is 1. The molecule has 2 heteroatoms. The Hall–Kier alpha value is -0.240. The molecule has 0 saturated carbocycles. The van der Waals surface area contributed by atoms with Gasteiger partial charge in [0.05, 0.1) is 4.32 Å². The Morgan fingerprint density at radius 3 is 2.12 bits per heavy atom. The van der Waals surface area contributed by atoms with Gasteiger partial charge in [0.1, 0.15) is 0 Å². The van der Waals surface area contributed by atoms with Gasteiger partial charge in [0.25, 0.3) is 0 Å². The third kappa shape index (κ3) is 1.37. The SMILES string of the molecule is [CH2]C1(Br)C=CNC=C1. The largest absolute Gasteiger partial charge is 0.368 e. The minimum Gasteiger partial charge on any atom is -0.368 e. The Bertz CT molecular complexity index is 121. The summed E-state index contributed by atoms with van der Waals surface area (Å²) in [6, 6.07) is 0. The highest BCUT2D eigenvalue weighted by atomic mass is 79.9. The standard InChI is InChI=1S/C6H7BrN/c1-6(7)2-4-8-5-3-6/h2-5,8H,1H2. The van der Waals surface area contributed by atoms with Gasteiger partial charge < -0.3 is 5.32 Å². The maximum atomic E-state index is 3.83. The number of allylic oxidation sites excluding steroid dienone is 2. The molecule has 8 heavy (non-hydrogen) atoms. The molecule has 0 bridgehead atoms. The number of alkyl halides is 1. The van der Waals surface area contributed by atoms with E-state index in [2.05, 4.69) is 28.2 Å². The molecular weight excluding hydrogens is 166 g/mol. The normalized spacial score (nSPS) is 22.8. The van der Waals surface area contributed by atoms with Crippen LogP contribution >= 0.6 is 15.9 Å². The van der Waals surface area contributed by atoms with E-state index >= 15 is 0 Å². The highest BCUT2D eigenvalue weighted by Gasteiger charge is 2.12. The predicted molar refractivity (Wildman–Crippen MR) is 38.4 cm³/mol. The number of hydrogen-bond donors (Lipinski definition) is 1. The molecule has 1 nitrogen and oxygen atoms in total. The second kappa shape index (κ2) is 1.94. The molecule has 1 N–H and O–H groups in total. The van der Waals surface area contributed by atoms with Crippen LogP contribution in [-0.4, -0.2) is 4.32 Å². The molecule has 1 aliphatic heterocycles. The molecule has 0 spiro atoms. The lowest BCUT2D eigenvalue weighted by Gasteiger charge is -2.14. The van der Waals surface area contributed by atoms with Crippen molar-refractivity contribution < 1.29 is 0 Å². The van der Waals surface area contributed by atoms with Crippen LogP contribution in [0.1, 0.15) is 0 Å². The van der Waals surface area contributed by atoms with Crippen LogP contribution in [0.25, 0.3) is 0 Å². The smallest absolute Gasteiger partial charge is 0.0650 e. The Balaban J connectivity index is 2.69. The third-order valence-electron chi connectivity index (χ3n) is 0.913. The van der Waals surface area contributed by atoms with Crippen molar-refractivity contribution in [2.75, 3.05) is 0 Å². The van der Waals surface area contributed by atoms with Crippen molar-refractivity contribution in [1.82, 2.24) is 5.32 Å². The summed E-state index contributed by atoms with van der Waals surface area (Å²) < 4.78 is -0.182. The molecule has 0 unspecified atom stereocenters. The highest BCUT2D eigenvalue weighted by molar-refractivity contribution is 9.10. The van der Waals surface area contributed by atoms with Gasteiger partial charge in [-0.2, -0.15) is 0 Å². The van der Waals surface area contributed by atoms with Gasteiger partial charge in [0.15, 0.2) is 0 Å². The first kappa shape index (κ1) is 5.89. The second-order valence-corrected chi connectivity index (χ2v) is 3.24. The van der Waals surface area contributed by atoms with Crippen molar-refractivity contribution >= 4 is 15.9 Å². The topological polar surface area (TPSA) is 12.0 Å². The minimum atomic E-state index is -0.182. The summed E-state index contributed by atoms with van der Waals surface area (Å²) in [5.41, 5.74) is 0. The van der Waals surface area contributed by atoms with Gasteiger partial charge in [-0.3, -0.25) is 0 Å². The molecule has 43 valence electrons. The summed E-state index contributed by atoms with van der Waals surface area (Å²) in [4.78, 5) is 0. The van der Waals surface area contributed by atoms with Gasteiger partial charge in [-0.05, 0) is 31.5 Å². The third-order valence-corrected chi connectivity index (χ3v) is 1.44. The van der Waals surface area contributed by atoms with E-state index in [-0.39, 0.29) is 4.32 Å². The summed E-state index contributed by atoms with van der Waals surface area (Å²) in [6.45, 7) is 3.83. The van der Waals surface area contributed by atoms with Crippen LogP contribution in [0.3, 0.4) is 0 Å². The Morgan fingerprint density at radius 2 is 1.88 bits per heavy atom. The first-order valence-electron chi connectivity index (χ1n) is 2.36. The van der Waals surface area contributed by atoms with Crippen molar-refractivity contribution in [3.63, 3.8) is 0 Å². The number of halogens is 1. The summed E-state index contributed by atoms with van der Waals surface area (Å²) in [5.74, 6) is 0. The summed E-state index contributed by atoms with van der Waals surface area (Å²) in [6.07, 6.45) is 7.57. The van der Waals surface area contributed by atoms with Gasteiger partial charge in [0.2, 0.25) is 0 Å². The zero-order valence-corrected chi connectivity index (χ0v) is 5.98. The van der Waals surface area contributed by atoms with Crippen molar-refractivity contribution in [1.29, 1.82) is 0 Å². The molecule has 0 aliphatic carbocycles. The fourth-order valence-corrected chi connectivity index (χ4v) is 0.749. The summed E-state index contributed by atoms with van der Waals surface area (Å²) in [5, 5.41) is 2.91. The van der Waals surface area contributed by atoms with Gasteiger partial charge in [-0.25, -0.2) is 0 Å². The lowest BCUT2D eigenvalue weighted by atomic mass is 10.1. The molecule has 1 rings (SSSR count).